The lowest BCUT2D eigenvalue weighted by molar-refractivity contribution is 0.249. The molecule has 1 fully saturated rings. The molecular weight excluding hydrogens is 244 g/mol. The van der Waals surface area contributed by atoms with Gasteiger partial charge in [-0.3, -0.25) is 4.90 Å². The number of hydrogen-bond acceptors (Lipinski definition) is 4. The molecule has 1 saturated heterocycles. The van der Waals surface area contributed by atoms with Gasteiger partial charge in [-0.25, -0.2) is 4.98 Å². The Kier molecular flexibility index (Phi) is 4.41. The first kappa shape index (κ1) is 14.0. The van der Waals surface area contributed by atoms with E-state index < -0.39 is 0 Å². The zero-order valence-electron chi connectivity index (χ0n) is 11.6. The third-order valence-electron chi connectivity index (χ3n) is 3.59. The van der Waals surface area contributed by atoms with Crippen LogP contribution in [0.4, 0.5) is 0 Å². The van der Waals surface area contributed by atoms with Crippen molar-refractivity contribution >= 4 is 11.3 Å². The third kappa shape index (κ3) is 3.53. The van der Waals surface area contributed by atoms with Crippen LogP contribution < -0.4 is 0 Å². The molecule has 1 aromatic rings. The molecule has 0 spiro atoms. The largest absolute Gasteiger partial charge is 0.396 e. The van der Waals surface area contributed by atoms with Crippen LogP contribution >= 0.6 is 11.3 Å². The van der Waals surface area contributed by atoms with E-state index in [9.17, 15) is 0 Å². The van der Waals surface area contributed by atoms with E-state index in [1.807, 2.05) is 0 Å². The second-order valence-corrected chi connectivity index (χ2v) is 7.22. The van der Waals surface area contributed by atoms with Gasteiger partial charge in [-0.05, 0) is 25.3 Å². The molecule has 2 heterocycles. The molecule has 102 valence electrons. The Morgan fingerprint density at radius 1 is 1.50 bits per heavy atom. The van der Waals surface area contributed by atoms with Crippen LogP contribution in [0.25, 0.3) is 0 Å². The molecule has 18 heavy (non-hydrogen) atoms. The van der Waals surface area contributed by atoms with Gasteiger partial charge in [-0.1, -0.05) is 20.8 Å². The summed E-state index contributed by atoms with van der Waals surface area (Å²) in [7, 11) is 0. The van der Waals surface area contributed by atoms with Gasteiger partial charge in [-0.15, -0.1) is 11.3 Å². The van der Waals surface area contributed by atoms with Crippen molar-refractivity contribution in [3.05, 3.63) is 16.1 Å². The first-order chi connectivity index (χ1) is 8.49. The predicted molar refractivity (Wildman–Crippen MR) is 75.9 cm³/mol. The van der Waals surface area contributed by atoms with Crippen LogP contribution in [0.5, 0.6) is 0 Å². The lowest BCUT2D eigenvalue weighted by Crippen LogP contribution is -2.20. The lowest BCUT2D eigenvalue weighted by Gasteiger charge is -2.15. The number of rotatable bonds is 4. The van der Waals surface area contributed by atoms with Gasteiger partial charge in [0.25, 0.3) is 0 Å². The number of aliphatic hydroxyl groups excluding tert-OH is 1. The van der Waals surface area contributed by atoms with E-state index in [1.165, 1.54) is 17.1 Å². The molecule has 0 amide bonds. The first-order valence-corrected chi connectivity index (χ1v) is 7.65. The molecule has 0 aliphatic carbocycles. The van der Waals surface area contributed by atoms with Crippen molar-refractivity contribution in [2.24, 2.45) is 5.92 Å². The van der Waals surface area contributed by atoms with Crippen LogP contribution in [0.3, 0.4) is 0 Å². The monoisotopic (exact) mass is 268 g/mol. The molecular formula is C14H24N2OS. The van der Waals surface area contributed by atoms with Gasteiger partial charge in [0.15, 0.2) is 0 Å². The predicted octanol–water partition coefficient (Wildman–Crippen LogP) is 2.64. The minimum Gasteiger partial charge on any atom is -0.396 e. The molecule has 0 saturated carbocycles. The lowest BCUT2D eigenvalue weighted by atomic mass is 9.93. The topological polar surface area (TPSA) is 36.4 Å². The minimum atomic E-state index is 0.152. The van der Waals surface area contributed by atoms with Crippen LogP contribution in [0.15, 0.2) is 5.38 Å². The van der Waals surface area contributed by atoms with Gasteiger partial charge in [0.05, 0.1) is 12.2 Å². The third-order valence-corrected chi connectivity index (χ3v) is 4.42. The number of nitrogens with zero attached hydrogens (tertiary/aromatic N) is 2. The van der Waals surface area contributed by atoms with Crippen LogP contribution in [0, 0.1) is 5.92 Å². The summed E-state index contributed by atoms with van der Waals surface area (Å²) in [6.45, 7) is 10.2. The quantitative estimate of drug-likeness (QED) is 0.912. The highest BCUT2D eigenvalue weighted by Crippen LogP contribution is 2.26. The standard InChI is InChI=1S/C14H24N2OS/c1-14(2,3)12-10-18-13(15-12)9-16-6-4-11(8-16)5-7-17/h10-11,17H,4-9H2,1-3H3. The second kappa shape index (κ2) is 5.68. The number of likely N-dealkylation sites (tertiary alicyclic amines) is 1. The molecule has 1 atom stereocenters. The molecule has 1 N–H and O–H groups in total. The number of aliphatic hydroxyl groups is 1. The number of aromatic nitrogens is 1. The van der Waals surface area contributed by atoms with Gasteiger partial charge < -0.3 is 5.11 Å². The van der Waals surface area contributed by atoms with E-state index in [1.54, 1.807) is 11.3 Å². The highest BCUT2D eigenvalue weighted by atomic mass is 32.1. The van der Waals surface area contributed by atoms with E-state index in [2.05, 4.69) is 31.1 Å². The zero-order chi connectivity index (χ0) is 13.2. The molecule has 1 unspecified atom stereocenters. The number of hydrogen-bond donors (Lipinski definition) is 1. The van der Waals surface area contributed by atoms with Gasteiger partial charge in [0, 0.05) is 23.9 Å². The molecule has 2 rings (SSSR count). The van der Waals surface area contributed by atoms with Crippen molar-refractivity contribution in [1.29, 1.82) is 0 Å². The summed E-state index contributed by atoms with van der Waals surface area (Å²) in [6.07, 6.45) is 2.17. The summed E-state index contributed by atoms with van der Waals surface area (Å²) in [4.78, 5) is 7.21. The molecule has 0 bridgehead atoms. The molecule has 1 aliphatic heterocycles. The fourth-order valence-corrected chi connectivity index (χ4v) is 3.46. The number of thiazole rings is 1. The Hall–Kier alpha value is -0.450. The molecule has 0 aromatic carbocycles. The smallest absolute Gasteiger partial charge is 0.107 e. The highest BCUT2D eigenvalue weighted by Gasteiger charge is 2.23. The van der Waals surface area contributed by atoms with Crippen LogP contribution in [-0.2, 0) is 12.0 Å². The normalized spacial score (nSPS) is 21.7. The van der Waals surface area contributed by atoms with Crippen molar-refractivity contribution in [2.75, 3.05) is 19.7 Å². The molecule has 4 heteroatoms. The van der Waals surface area contributed by atoms with Crippen molar-refractivity contribution in [3.63, 3.8) is 0 Å². The zero-order valence-corrected chi connectivity index (χ0v) is 12.5. The average Bonchev–Trinajstić information content (AvgIpc) is 2.88. The first-order valence-electron chi connectivity index (χ1n) is 6.77. The highest BCUT2D eigenvalue weighted by molar-refractivity contribution is 7.09. The van der Waals surface area contributed by atoms with Gasteiger partial charge >= 0.3 is 0 Å². The van der Waals surface area contributed by atoms with Crippen molar-refractivity contribution in [3.8, 4) is 0 Å². The van der Waals surface area contributed by atoms with Crippen molar-refractivity contribution in [2.45, 2.75) is 45.6 Å². The van der Waals surface area contributed by atoms with E-state index in [0.29, 0.717) is 12.5 Å². The molecule has 1 aromatic heterocycles. The Balaban J connectivity index is 1.89. The van der Waals surface area contributed by atoms with Gasteiger partial charge in [0.1, 0.15) is 5.01 Å². The van der Waals surface area contributed by atoms with E-state index in [0.717, 1.165) is 26.1 Å². The maximum Gasteiger partial charge on any atom is 0.107 e. The van der Waals surface area contributed by atoms with Crippen LogP contribution in [0.1, 0.15) is 44.3 Å². The van der Waals surface area contributed by atoms with E-state index in [-0.39, 0.29) is 5.41 Å². The summed E-state index contributed by atoms with van der Waals surface area (Å²) < 4.78 is 0. The molecule has 0 radical (unpaired) electrons. The average molecular weight is 268 g/mol. The Morgan fingerprint density at radius 3 is 2.89 bits per heavy atom. The summed E-state index contributed by atoms with van der Waals surface area (Å²) >= 11 is 1.78. The van der Waals surface area contributed by atoms with Crippen LogP contribution in [-0.4, -0.2) is 34.7 Å². The Morgan fingerprint density at radius 2 is 2.28 bits per heavy atom. The summed E-state index contributed by atoms with van der Waals surface area (Å²) in [6, 6.07) is 0. The fourth-order valence-electron chi connectivity index (χ4n) is 2.39. The van der Waals surface area contributed by atoms with Crippen molar-refractivity contribution < 1.29 is 5.11 Å². The Bertz CT molecular complexity index is 383. The van der Waals surface area contributed by atoms with E-state index >= 15 is 0 Å². The second-order valence-electron chi connectivity index (χ2n) is 6.28. The SMILES string of the molecule is CC(C)(C)c1csc(CN2CCC(CCO)C2)n1. The van der Waals surface area contributed by atoms with Gasteiger partial charge in [0.2, 0.25) is 0 Å². The summed E-state index contributed by atoms with van der Waals surface area (Å²) in [5.41, 5.74) is 1.35. The minimum absolute atomic E-state index is 0.152. The van der Waals surface area contributed by atoms with Gasteiger partial charge in [-0.2, -0.15) is 0 Å². The van der Waals surface area contributed by atoms with E-state index in [4.69, 9.17) is 10.1 Å². The maximum atomic E-state index is 8.97. The Labute approximate surface area is 114 Å². The summed E-state index contributed by atoms with van der Waals surface area (Å²) in [5, 5.41) is 12.4. The fraction of sp³-hybridized carbons (Fsp3) is 0.786. The molecule has 1 aliphatic rings. The summed E-state index contributed by atoms with van der Waals surface area (Å²) in [5.74, 6) is 0.678. The maximum absolute atomic E-state index is 8.97. The molecule has 3 nitrogen and oxygen atoms in total. The van der Waals surface area contributed by atoms with Crippen molar-refractivity contribution in [1.82, 2.24) is 9.88 Å². The van der Waals surface area contributed by atoms with Crippen LogP contribution in [0.2, 0.25) is 0 Å².